The fourth-order valence-electron chi connectivity index (χ4n) is 2.73. The molecule has 0 amide bonds. The van der Waals surface area contributed by atoms with Crippen LogP contribution in [-0.2, 0) is 0 Å². The molecule has 0 saturated heterocycles. The normalized spacial score (nSPS) is 13.8. The van der Waals surface area contributed by atoms with E-state index in [4.69, 9.17) is 4.98 Å². The lowest BCUT2D eigenvalue weighted by Crippen LogP contribution is -2.26. The molecule has 24 heavy (non-hydrogen) atoms. The molecule has 1 aromatic heterocycles. The van der Waals surface area contributed by atoms with E-state index in [9.17, 15) is 4.79 Å². The molecule has 2 aromatic carbocycles. The maximum absolute atomic E-state index is 13.0. The van der Waals surface area contributed by atoms with Crippen LogP contribution in [0.2, 0.25) is 0 Å². The molecule has 2 atom stereocenters. The van der Waals surface area contributed by atoms with Gasteiger partial charge in [0.15, 0.2) is 5.16 Å². The minimum atomic E-state index is 0.0534. The summed E-state index contributed by atoms with van der Waals surface area (Å²) < 4.78 is 1.85. The van der Waals surface area contributed by atoms with Gasteiger partial charge in [-0.1, -0.05) is 61.2 Å². The summed E-state index contributed by atoms with van der Waals surface area (Å²) in [6.45, 7) is 6.33. The molecule has 0 saturated carbocycles. The van der Waals surface area contributed by atoms with Crippen LogP contribution in [0.1, 0.15) is 44.0 Å². The number of fused-ring (bicyclic) bond motifs is 1. The highest BCUT2D eigenvalue weighted by Gasteiger charge is 2.18. The average molecular weight is 338 g/mol. The van der Waals surface area contributed by atoms with Crippen LogP contribution in [0.3, 0.4) is 0 Å². The average Bonchev–Trinajstić information content (AvgIpc) is 2.62. The predicted octanol–water partition coefficient (Wildman–Crippen LogP) is 5.22. The van der Waals surface area contributed by atoms with E-state index in [1.165, 1.54) is 5.56 Å². The summed E-state index contributed by atoms with van der Waals surface area (Å²) in [7, 11) is 0. The Balaban J connectivity index is 2.10. The molecule has 0 aliphatic rings. The number of benzene rings is 2. The fourth-order valence-corrected chi connectivity index (χ4v) is 3.87. The number of aromatic nitrogens is 2. The van der Waals surface area contributed by atoms with E-state index in [1.54, 1.807) is 11.8 Å². The first-order valence-corrected chi connectivity index (χ1v) is 9.22. The van der Waals surface area contributed by atoms with Gasteiger partial charge in [-0.15, -0.1) is 0 Å². The number of nitrogens with zero attached hydrogens (tertiary/aromatic N) is 2. The number of para-hydroxylation sites is 1. The van der Waals surface area contributed by atoms with Crippen molar-refractivity contribution in [1.29, 1.82) is 0 Å². The van der Waals surface area contributed by atoms with E-state index in [2.05, 4.69) is 32.9 Å². The van der Waals surface area contributed by atoms with Crippen molar-refractivity contribution in [3.05, 3.63) is 70.5 Å². The topological polar surface area (TPSA) is 34.9 Å². The van der Waals surface area contributed by atoms with Gasteiger partial charge < -0.3 is 0 Å². The molecular weight excluding hydrogens is 316 g/mol. The molecule has 3 rings (SSSR count). The van der Waals surface area contributed by atoms with Crippen molar-refractivity contribution in [2.75, 3.05) is 0 Å². The molecule has 0 bridgehead atoms. The van der Waals surface area contributed by atoms with E-state index in [0.29, 0.717) is 5.39 Å². The Labute approximate surface area is 146 Å². The number of thioether (sulfide) groups is 1. The molecule has 0 spiro atoms. The van der Waals surface area contributed by atoms with Crippen LogP contribution < -0.4 is 5.56 Å². The summed E-state index contributed by atoms with van der Waals surface area (Å²) >= 11 is 1.65. The van der Waals surface area contributed by atoms with E-state index in [-0.39, 0.29) is 16.9 Å². The molecule has 3 aromatic rings. The molecule has 4 heteroatoms. The van der Waals surface area contributed by atoms with Gasteiger partial charge in [-0.2, -0.15) is 0 Å². The number of hydrogen-bond donors (Lipinski definition) is 0. The van der Waals surface area contributed by atoms with Gasteiger partial charge in [0, 0.05) is 11.3 Å². The van der Waals surface area contributed by atoms with Crippen molar-refractivity contribution in [3.8, 4) is 0 Å². The summed E-state index contributed by atoms with van der Waals surface area (Å²) in [5.74, 6) is 0. The monoisotopic (exact) mass is 338 g/mol. The van der Waals surface area contributed by atoms with E-state index >= 15 is 0 Å². The lowest BCUT2D eigenvalue weighted by atomic mass is 10.2. The Morgan fingerprint density at radius 3 is 2.42 bits per heavy atom. The van der Waals surface area contributed by atoms with Crippen molar-refractivity contribution in [1.82, 2.24) is 9.55 Å². The summed E-state index contributed by atoms with van der Waals surface area (Å²) in [6.07, 6.45) is 0.896. The van der Waals surface area contributed by atoms with Crippen LogP contribution in [0.15, 0.2) is 64.5 Å². The van der Waals surface area contributed by atoms with Gasteiger partial charge in [0.05, 0.1) is 10.9 Å². The van der Waals surface area contributed by atoms with Gasteiger partial charge in [-0.3, -0.25) is 9.36 Å². The van der Waals surface area contributed by atoms with E-state index in [1.807, 2.05) is 47.0 Å². The van der Waals surface area contributed by atoms with Crippen LogP contribution in [-0.4, -0.2) is 9.55 Å². The summed E-state index contributed by atoms with van der Waals surface area (Å²) in [5, 5.41) is 1.72. The smallest absolute Gasteiger partial charge is 0.262 e. The molecular formula is C20H22N2OS. The lowest BCUT2D eigenvalue weighted by molar-refractivity contribution is 0.468. The number of hydrogen-bond acceptors (Lipinski definition) is 3. The van der Waals surface area contributed by atoms with Gasteiger partial charge in [0.1, 0.15) is 0 Å². The molecule has 1 heterocycles. The minimum Gasteiger partial charge on any atom is -0.284 e. The second-order valence-corrected chi connectivity index (χ2v) is 7.32. The second kappa shape index (κ2) is 7.22. The highest BCUT2D eigenvalue weighted by Crippen LogP contribution is 2.34. The minimum absolute atomic E-state index is 0.0534. The van der Waals surface area contributed by atoms with Crippen molar-refractivity contribution in [2.24, 2.45) is 0 Å². The summed E-state index contributed by atoms with van der Waals surface area (Å²) in [6, 6.07) is 18.1. The standard InChI is InChI=1S/C20H22N2OS/c1-4-14(2)22-19(23)17-12-8-9-13-18(17)21-20(22)24-15(3)16-10-6-5-7-11-16/h5-15H,4H2,1-3H3/t14-,15+/m1/s1. The zero-order valence-corrected chi connectivity index (χ0v) is 15.1. The molecule has 0 unspecified atom stereocenters. The molecule has 0 fully saturated rings. The Morgan fingerprint density at radius 2 is 1.71 bits per heavy atom. The van der Waals surface area contributed by atoms with Crippen molar-refractivity contribution >= 4 is 22.7 Å². The third-order valence-electron chi connectivity index (χ3n) is 4.36. The zero-order valence-electron chi connectivity index (χ0n) is 14.3. The van der Waals surface area contributed by atoms with Crippen molar-refractivity contribution in [3.63, 3.8) is 0 Å². The highest BCUT2D eigenvalue weighted by atomic mass is 32.2. The van der Waals surface area contributed by atoms with E-state index < -0.39 is 0 Å². The van der Waals surface area contributed by atoms with Crippen molar-refractivity contribution < 1.29 is 0 Å². The Hall–Kier alpha value is -2.07. The SMILES string of the molecule is CC[C@@H](C)n1c(S[C@@H](C)c2ccccc2)nc2ccccc2c1=O. The first-order chi connectivity index (χ1) is 11.6. The van der Waals surface area contributed by atoms with Crippen LogP contribution in [0, 0.1) is 0 Å². The first-order valence-electron chi connectivity index (χ1n) is 8.34. The van der Waals surface area contributed by atoms with Gasteiger partial charge in [0.2, 0.25) is 0 Å². The molecule has 3 nitrogen and oxygen atoms in total. The molecule has 0 aliphatic carbocycles. The molecule has 0 aliphatic heterocycles. The van der Waals surface area contributed by atoms with Crippen LogP contribution >= 0.6 is 11.8 Å². The summed E-state index contributed by atoms with van der Waals surface area (Å²) in [5.41, 5.74) is 2.06. The molecule has 0 N–H and O–H groups in total. The highest BCUT2D eigenvalue weighted by molar-refractivity contribution is 7.99. The van der Waals surface area contributed by atoms with Gasteiger partial charge >= 0.3 is 0 Å². The van der Waals surface area contributed by atoms with Gasteiger partial charge in [0.25, 0.3) is 5.56 Å². The Morgan fingerprint density at radius 1 is 1.04 bits per heavy atom. The summed E-state index contributed by atoms with van der Waals surface area (Å²) in [4.78, 5) is 17.8. The third kappa shape index (κ3) is 3.24. The molecule has 124 valence electrons. The first kappa shape index (κ1) is 16.8. The van der Waals surface area contributed by atoms with Crippen LogP contribution in [0.4, 0.5) is 0 Å². The quantitative estimate of drug-likeness (QED) is 0.472. The fraction of sp³-hybridized carbons (Fsp3) is 0.300. The maximum Gasteiger partial charge on any atom is 0.262 e. The molecule has 0 radical (unpaired) electrons. The Kier molecular flexibility index (Phi) is 5.05. The predicted molar refractivity (Wildman–Crippen MR) is 102 cm³/mol. The lowest BCUT2D eigenvalue weighted by Gasteiger charge is -2.20. The van der Waals surface area contributed by atoms with Gasteiger partial charge in [-0.05, 0) is 38.0 Å². The third-order valence-corrected chi connectivity index (χ3v) is 5.48. The Bertz CT molecular complexity index is 889. The van der Waals surface area contributed by atoms with Crippen LogP contribution in [0.5, 0.6) is 0 Å². The second-order valence-electron chi connectivity index (χ2n) is 6.01. The maximum atomic E-state index is 13.0. The van der Waals surface area contributed by atoms with Crippen molar-refractivity contribution in [2.45, 2.75) is 43.6 Å². The number of rotatable bonds is 5. The van der Waals surface area contributed by atoms with E-state index in [0.717, 1.165) is 17.1 Å². The zero-order chi connectivity index (χ0) is 17.1. The largest absolute Gasteiger partial charge is 0.284 e. The van der Waals surface area contributed by atoms with Gasteiger partial charge in [-0.25, -0.2) is 4.98 Å². The van der Waals surface area contributed by atoms with Crippen LogP contribution in [0.25, 0.3) is 10.9 Å².